The van der Waals surface area contributed by atoms with Crippen LogP contribution < -0.4 is 5.32 Å². The number of nitrogens with zero attached hydrogens (tertiary/aromatic N) is 3. The van der Waals surface area contributed by atoms with Crippen molar-refractivity contribution < 1.29 is 4.79 Å². The Bertz CT molecular complexity index is 765. The molecule has 1 aromatic heterocycles. The Labute approximate surface area is 167 Å². The van der Waals surface area contributed by atoms with Gasteiger partial charge in [0, 0.05) is 45.0 Å². The van der Waals surface area contributed by atoms with E-state index in [4.69, 9.17) is 0 Å². The molecule has 0 spiro atoms. The predicted octanol–water partition coefficient (Wildman–Crippen LogP) is 3.44. The highest BCUT2D eigenvalue weighted by atomic mass is 16.2. The van der Waals surface area contributed by atoms with Crippen LogP contribution in [0.3, 0.4) is 0 Å². The highest BCUT2D eigenvalue weighted by molar-refractivity contribution is 5.98. The lowest BCUT2D eigenvalue weighted by atomic mass is 10.0. The van der Waals surface area contributed by atoms with Crippen molar-refractivity contribution in [3.63, 3.8) is 0 Å². The number of amides is 1. The average molecular weight is 379 g/mol. The summed E-state index contributed by atoms with van der Waals surface area (Å²) in [6, 6.07) is 14.8. The summed E-state index contributed by atoms with van der Waals surface area (Å²) in [6.45, 7) is 5.03. The molecule has 0 saturated carbocycles. The number of carbonyl (C=O) groups is 1. The maximum absolute atomic E-state index is 12.8. The third-order valence-corrected chi connectivity index (χ3v) is 5.92. The Morgan fingerprint density at radius 2 is 1.75 bits per heavy atom. The number of likely N-dealkylation sites (tertiary alicyclic amines) is 2. The average Bonchev–Trinajstić information content (AvgIpc) is 3.29. The standard InChI is InChI=1S/C23H30N4O/c28-23(27-14-4-5-15-27)21-9-6-13-24-22(21)25-20-11-17-26(18-12-20)16-10-19-7-2-1-3-8-19/h1-3,6-9,13,20H,4-5,10-12,14-18H2,(H,24,25). The number of nitrogens with one attached hydrogen (secondary N) is 1. The first-order valence-electron chi connectivity index (χ1n) is 10.6. The van der Waals surface area contributed by atoms with Gasteiger partial charge in [-0.1, -0.05) is 30.3 Å². The molecule has 5 heteroatoms. The molecular formula is C23H30N4O. The molecule has 28 heavy (non-hydrogen) atoms. The zero-order chi connectivity index (χ0) is 19.2. The van der Waals surface area contributed by atoms with E-state index in [0.29, 0.717) is 6.04 Å². The number of hydrogen-bond acceptors (Lipinski definition) is 4. The number of piperidine rings is 1. The number of aromatic nitrogens is 1. The summed E-state index contributed by atoms with van der Waals surface area (Å²) < 4.78 is 0. The molecule has 2 aliphatic heterocycles. The lowest BCUT2D eigenvalue weighted by molar-refractivity contribution is 0.0793. The van der Waals surface area contributed by atoms with Crippen LogP contribution in [0.4, 0.5) is 5.82 Å². The largest absolute Gasteiger partial charge is 0.367 e. The van der Waals surface area contributed by atoms with Gasteiger partial charge in [0.15, 0.2) is 0 Å². The van der Waals surface area contributed by atoms with E-state index in [-0.39, 0.29) is 5.91 Å². The Hall–Kier alpha value is -2.40. The molecule has 1 aromatic carbocycles. The fraction of sp³-hybridized carbons (Fsp3) is 0.478. The Balaban J connectivity index is 1.29. The van der Waals surface area contributed by atoms with E-state index in [2.05, 4.69) is 45.5 Å². The molecule has 1 N–H and O–H groups in total. The van der Waals surface area contributed by atoms with E-state index in [1.807, 2.05) is 17.0 Å². The van der Waals surface area contributed by atoms with E-state index < -0.39 is 0 Å². The van der Waals surface area contributed by atoms with Crippen LogP contribution in [0.1, 0.15) is 41.6 Å². The summed E-state index contributed by atoms with van der Waals surface area (Å²) in [7, 11) is 0. The fourth-order valence-electron chi connectivity index (χ4n) is 4.21. The van der Waals surface area contributed by atoms with Crippen molar-refractivity contribution >= 4 is 11.7 Å². The molecule has 0 aliphatic carbocycles. The van der Waals surface area contributed by atoms with Gasteiger partial charge in [0.2, 0.25) is 0 Å². The maximum atomic E-state index is 12.8. The maximum Gasteiger partial charge on any atom is 0.257 e. The molecule has 2 fully saturated rings. The van der Waals surface area contributed by atoms with E-state index in [1.165, 1.54) is 5.56 Å². The second-order valence-corrected chi connectivity index (χ2v) is 7.89. The van der Waals surface area contributed by atoms with Gasteiger partial charge < -0.3 is 15.1 Å². The smallest absolute Gasteiger partial charge is 0.257 e. The van der Waals surface area contributed by atoms with Gasteiger partial charge in [-0.2, -0.15) is 0 Å². The van der Waals surface area contributed by atoms with Crippen molar-refractivity contribution in [2.45, 2.75) is 38.1 Å². The van der Waals surface area contributed by atoms with Crippen LogP contribution in [-0.4, -0.2) is 59.5 Å². The molecule has 0 unspecified atom stereocenters. The van der Waals surface area contributed by atoms with Gasteiger partial charge in [-0.05, 0) is 49.8 Å². The molecule has 148 valence electrons. The monoisotopic (exact) mass is 378 g/mol. The summed E-state index contributed by atoms with van der Waals surface area (Å²) in [5.41, 5.74) is 2.12. The van der Waals surface area contributed by atoms with Crippen molar-refractivity contribution in [1.29, 1.82) is 0 Å². The first-order chi connectivity index (χ1) is 13.8. The minimum Gasteiger partial charge on any atom is -0.367 e. The fourth-order valence-corrected chi connectivity index (χ4v) is 4.21. The third-order valence-electron chi connectivity index (χ3n) is 5.92. The van der Waals surface area contributed by atoms with E-state index in [9.17, 15) is 4.79 Å². The molecule has 5 nitrogen and oxygen atoms in total. The quantitative estimate of drug-likeness (QED) is 0.837. The number of rotatable bonds is 6. The van der Waals surface area contributed by atoms with E-state index in [1.54, 1.807) is 6.20 Å². The molecule has 2 aliphatic rings. The minimum atomic E-state index is 0.119. The van der Waals surface area contributed by atoms with Crippen LogP contribution in [0.2, 0.25) is 0 Å². The molecular weight excluding hydrogens is 348 g/mol. The van der Waals surface area contributed by atoms with Crippen molar-refractivity contribution in [3.05, 3.63) is 59.8 Å². The summed E-state index contributed by atoms with van der Waals surface area (Å²) in [5.74, 6) is 0.871. The lowest BCUT2D eigenvalue weighted by Gasteiger charge is -2.33. The highest BCUT2D eigenvalue weighted by Crippen LogP contribution is 2.21. The van der Waals surface area contributed by atoms with Crippen molar-refractivity contribution in [2.75, 3.05) is 38.0 Å². The van der Waals surface area contributed by atoms with Crippen molar-refractivity contribution in [1.82, 2.24) is 14.8 Å². The summed E-state index contributed by atoms with van der Waals surface area (Å²) in [4.78, 5) is 21.8. The molecule has 2 saturated heterocycles. The Morgan fingerprint density at radius 3 is 2.50 bits per heavy atom. The van der Waals surface area contributed by atoms with Crippen LogP contribution in [0.25, 0.3) is 0 Å². The Morgan fingerprint density at radius 1 is 1.00 bits per heavy atom. The normalized spacial score (nSPS) is 18.4. The molecule has 4 rings (SSSR count). The van der Waals surface area contributed by atoms with E-state index >= 15 is 0 Å². The number of anilines is 1. The second-order valence-electron chi connectivity index (χ2n) is 7.89. The van der Waals surface area contributed by atoms with E-state index in [0.717, 1.165) is 76.2 Å². The molecule has 0 radical (unpaired) electrons. The van der Waals surface area contributed by atoms with Gasteiger partial charge in [0.25, 0.3) is 5.91 Å². The first kappa shape index (κ1) is 18.9. The van der Waals surface area contributed by atoms with Crippen molar-refractivity contribution in [3.8, 4) is 0 Å². The van der Waals surface area contributed by atoms with Gasteiger partial charge in [0.1, 0.15) is 5.82 Å². The summed E-state index contributed by atoms with van der Waals surface area (Å²) in [6.07, 6.45) is 7.27. The van der Waals surface area contributed by atoms with Crippen LogP contribution in [-0.2, 0) is 6.42 Å². The van der Waals surface area contributed by atoms with Crippen LogP contribution >= 0.6 is 0 Å². The summed E-state index contributed by atoms with van der Waals surface area (Å²) >= 11 is 0. The SMILES string of the molecule is O=C(c1cccnc1NC1CCN(CCc2ccccc2)CC1)N1CCCC1. The van der Waals surface area contributed by atoms with Gasteiger partial charge in [-0.25, -0.2) is 4.98 Å². The molecule has 1 amide bonds. The molecule has 0 atom stereocenters. The lowest BCUT2D eigenvalue weighted by Crippen LogP contribution is -2.40. The molecule has 3 heterocycles. The zero-order valence-corrected chi connectivity index (χ0v) is 16.5. The zero-order valence-electron chi connectivity index (χ0n) is 16.5. The Kier molecular flexibility index (Phi) is 6.22. The number of carbonyl (C=O) groups excluding carboxylic acids is 1. The minimum absolute atomic E-state index is 0.119. The number of benzene rings is 1. The number of pyridine rings is 1. The highest BCUT2D eigenvalue weighted by Gasteiger charge is 2.25. The third kappa shape index (κ3) is 4.71. The molecule has 2 aromatic rings. The van der Waals surface area contributed by atoms with Gasteiger partial charge in [0.05, 0.1) is 5.56 Å². The van der Waals surface area contributed by atoms with Crippen LogP contribution in [0.5, 0.6) is 0 Å². The molecule has 0 bridgehead atoms. The topological polar surface area (TPSA) is 48.5 Å². The van der Waals surface area contributed by atoms with Crippen molar-refractivity contribution in [2.24, 2.45) is 0 Å². The van der Waals surface area contributed by atoms with Gasteiger partial charge in [-0.15, -0.1) is 0 Å². The second kappa shape index (κ2) is 9.20. The van der Waals surface area contributed by atoms with Crippen LogP contribution in [0.15, 0.2) is 48.7 Å². The summed E-state index contributed by atoms with van der Waals surface area (Å²) in [5, 5.41) is 3.56. The first-order valence-corrected chi connectivity index (χ1v) is 10.6. The van der Waals surface area contributed by atoms with Crippen LogP contribution in [0, 0.1) is 0 Å². The van der Waals surface area contributed by atoms with Gasteiger partial charge >= 0.3 is 0 Å². The van der Waals surface area contributed by atoms with Gasteiger partial charge in [-0.3, -0.25) is 4.79 Å². The number of hydrogen-bond donors (Lipinski definition) is 1. The predicted molar refractivity (Wildman–Crippen MR) is 113 cm³/mol.